The summed E-state index contributed by atoms with van der Waals surface area (Å²) in [6.45, 7) is 4.71. The summed E-state index contributed by atoms with van der Waals surface area (Å²) < 4.78 is 25.5. The van der Waals surface area contributed by atoms with Gasteiger partial charge < -0.3 is 19.8 Å². The maximum absolute atomic E-state index is 13.5. The highest BCUT2D eigenvalue weighted by atomic mass is 35.5. The normalized spacial score (nSPS) is 11.9. The van der Waals surface area contributed by atoms with E-state index in [-0.39, 0.29) is 18.5 Å². The Morgan fingerprint density at radius 1 is 1.10 bits per heavy atom. The van der Waals surface area contributed by atoms with Crippen molar-refractivity contribution in [1.29, 1.82) is 0 Å². The predicted octanol–water partition coefficient (Wildman–Crippen LogP) is 8.18. The summed E-state index contributed by atoms with van der Waals surface area (Å²) in [7, 11) is 0. The molecule has 2 aromatic heterocycles. The molecule has 0 spiro atoms. The molecule has 0 saturated carbocycles. The predicted molar refractivity (Wildman–Crippen MR) is 162 cm³/mol. The Morgan fingerprint density at radius 3 is 2.80 bits per heavy atom. The lowest BCUT2D eigenvalue weighted by Crippen LogP contribution is -2.22. The third kappa shape index (κ3) is 6.65. The molecule has 0 saturated heterocycles. The molecule has 5 aromatic rings. The molecule has 9 heteroatoms. The average molecular weight is 575 g/mol. The van der Waals surface area contributed by atoms with Gasteiger partial charge in [-0.3, -0.25) is 0 Å². The minimum atomic E-state index is -0.306. The zero-order chi connectivity index (χ0) is 27.9. The van der Waals surface area contributed by atoms with Crippen LogP contribution in [0, 0.1) is 5.82 Å². The van der Waals surface area contributed by atoms with E-state index < -0.39 is 0 Å². The van der Waals surface area contributed by atoms with Crippen LogP contribution in [-0.2, 0) is 6.61 Å². The van der Waals surface area contributed by atoms with Crippen molar-refractivity contribution in [2.45, 2.75) is 12.6 Å². The average Bonchev–Trinajstić information content (AvgIpc) is 3.45. The number of anilines is 2. The van der Waals surface area contributed by atoms with Gasteiger partial charge in [-0.1, -0.05) is 29.8 Å². The number of rotatable bonds is 12. The first kappa shape index (κ1) is 27.7. The number of nitrogens with zero attached hydrogens (tertiary/aromatic N) is 2. The number of halogens is 2. The van der Waals surface area contributed by atoms with Gasteiger partial charge in [0.05, 0.1) is 16.6 Å². The summed E-state index contributed by atoms with van der Waals surface area (Å²) in [5, 5.41) is 8.06. The van der Waals surface area contributed by atoms with Crippen molar-refractivity contribution >= 4 is 45.8 Å². The summed E-state index contributed by atoms with van der Waals surface area (Å²) in [4.78, 5) is 8.90. The first-order valence-electron chi connectivity index (χ1n) is 12.7. The summed E-state index contributed by atoms with van der Waals surface area (Å²) >= 11 is 8.26. The quantitative estimate of drug-likeness (QED) is 0.146. The van der Waals surface area contributed by atoms with Crippen LogP contribution in [0.25, 0.3) is 22.2 Å². The fraction of sp³-hybridized carbons (Fsp3) is 0.161. The van der Waals surface area contributed by atoms with E-state index in [1.165, 1.54) is 18.5 Å². The van der Waals surface area contributed by atoms with Crippen LogP contribution >= 0.6 is 23.4 Å². The molecule has 0 fully saturated rings. The Morgan fingerprint density at radius 2 is 2.00 bits per heavy atom. The number of hydrogen-bond acceptors (Lipinski definition) is 7. The van der Waals surface area contributed by atoms with Gasteiger partial charge in [-0.15, -0.1) is 6.58 Å². The van der Waals surface area contributed by atoms with Crippen LogP contribution in [0.4, 0.5) is 15.9 Å². The summed E-state index contributed by atoms with van der Waals surface area (Å²) in [5.74, 6) is 3.36. The topological polar surface area (TPSA) is 72.2 Å². The van der Waals surface area contributed by atoms with Gasteiger partial charge >= 0.3 is 0 Å². The Balaban J connectivity index is 1.35. The third-order valence-corrected chi connectivity index (χ3v) is 7.17. The molecule has 0 bridgehead atoms. The molecule has 0 aliphatic carbocycles. The Bertz CT molecular complexity index is 1630. The van der Waals surface area contributed by atoms with Crippen LogP contribution in [0.2, 0.25) is 5.02 Å². The maximum Gasteiger partial charge on any atom is 0.141 e. The van der Waals surface area contributed by atoms with Gasteiger partial charge in [0.2, 0.25) is 0 Å². The number of ether oxygens (including phenoxy) is 1. The lowest BCUT2D eigenvalue weighted by molar-refractivity contribution is 0.306. The highest BCUT2D eigenvalue weighted by molar-refractivity contribution is 7.98. The van der Waals surface area contributed by atoms with Crippen molar-refractivity contribution < 1.29 is 13.5 Å². The molecule has 0 aliphatic heterocycles. The maximum atomic E-state index is 13.5. The Hall–Kier alpha value is -3.85. The largest absolute Gasteiger partial charge is 0.487 e. The molecule has 5 rings (SSSR count). The molecule has 6 nitrogen and oxygen atoms in total. The second-order valence-electron chi connectivity index (χ2n) is 9.05. The molecule has 0 aliphatic rings. The van der Waals surface area contributed by atoms with E-state index in [0.29, 0.717) is 23.1 Å². The third-order valence-electron chi connectivity index (χ3n) is 6.21. The number of nitrogens with one attached hydrogen (secondary N) is 2. The zero-order valence-electron chi connectivity index (χ0n) is 21.9. The van der Waals surface area contributed by atoms with Crippen molar-refractivity contribution in [3.05, 3.63) is 114 Å². The number of benzene rings is 3. The van der Waals surface area contributed by atoms with E-state index in [2.05, 4.69) is 33.4 Å². The monoisotopic (exact) mass is 574 g/mol. The van der Waals surface area contributed by atoms with Crippen molar-refractivity contribution in [2.24, 2.45) is 0 Å². The van der Waals surface area contributed by atoms with Crippen LogP contribution in [-0.4, -0.2) is 28.5 Å². The van der Waals surface area contributed by atoms with E-state index >= 15 is 0 Å². The molecule has 0 radical (unpaired) electrons. The lowest BCUT2D eigenvalue weighted by Gasteiger charge is -2.14. The van der Waals surface area contributed by atoms with E-state index in [1.54, 1.807) is 36.0 Å². The van der Waals surface area contributed by atoms with E-state index in [9.17, 15) is 4.39 Å². The smallest absolute Gasteiger partial charge is 0.141 e. The van der Waals surface area contributed by atoms with Crippen LogP contribution in [0.5, 0.6) is 5.75 Å². The molecule has 204 valence electrons. The SMILES string of the molecule is C=CCNC(CSC)c1ccc(-c2ccc3ncnc(Nc4ccc(OCc5cccc(F)c5)c(Cl)c4)c3c2)o1. The van der Waals surface area contributed by atoms with Crippen molar-refractivity contribution in [1.82, 2.24) is 15.3 Å². The van der Waals surface area contributed by atoms with Crippen LogP contribution < -0.4 is 15.4 Å². The molecular formula is C31H28ClFN4O2S. The zero-order valence-corrected chi connectivity index (χ0v) is 23.4. The first-order valence-corrected chi connectivity index (χ1v) is 14.4. The molecule has 0 amide bonds. The number of fused-ring (bicyclic) bond motifs is 1. The van der Waals surface area contributed by atoms with Gasteiger partial charge in [0, 0.05) is 28.9 Å². The number of furan rings is 1. The lowest BCUT2D eigenvalue weighted by atomic mass is 10.1. The van der Waals surface area contributed by atoms with Gasteiger partial charge in [0.1, 0.15) is 41.8 Å². The summed E-state index contributed by atoms with van der Waals surface area (Å²) in [6.07, 6.45) is 5.44. The highest BCUT2D eigenvalue weighted by Crippen LogP contribution is 2.33. The van der Waals surface area contributed by atoms with Crippen LogP contribution in [0.15, 0.2) is 96.2 Å². The molecule has 1 unspecified atom stereocenters. The summed E-state index contributed by atoms with van der Waals surface area (Å²) in [5.41, 5.74) is 3.17. The van der Waals surface area contributed by atoms with Crippen molar-refractivity contribution in [3.63, 3.8) is 0 Å². The molecule has 3 aromatic carbocycles. The molecule has 1 atom stereocenters. The Kier molecular flexibility index (Phi) is 9.01. The van der Waals surface area contributed by atoms with Gasteiger partial charge in [-0.2, -0.15) is 11.8 Å². The number of thioether (sulfide) groups is 1. The molecular weight excluding hydrogens is 547 g/mol. The van der Waals surface area contributed by atoms with E-state index in [4.69, 9.17) is 20.8 Å². The molecule has 40 heavy (non-hydrogen) atoms. The number of hydrogen-bond donors (Lipinski definition) is 2. The van der Waals surface area contributed by atoms with Gasteiger partial charge in [0.25, 0.3) is 0 Å². The minimum absolute atomic E-state index is 0.0910. The van der Waals surface area contributed by atoms with Gasteiger partial charge in [-0.05, 0) is 72.5 Å². The highest BCUT2D eigenvalue weighted by Gasteiger charge is 2.16. The van der Waals surface area contributed by atoms with Crippen LogP contribution in [0.3, 0.4) is 0 Å². The fourth-order valence-electron chi connectivity index (χ4n) is 4.26. The molecule has 2 N–H and O–H groups in total. The molecule has 2 heterocycles. The standard InChI is InChI=1S/C31H28ClFN4O2S/c1-3-13-34-27(18-40-2)30-12-11-28(39-30)21-7-9-26-24(15-21)31(36-19-35-26)37-23-8-10-29(25(32)16-23)38-17-20-5-4-6-22(33)14-20/h3-12,14-16,19,27,34H,1,13,17-18H2,2H3,(H,35,36,37). The van der Waals surface area contributed by atoms with Gasteiger partial charge in [-0.25, -0.2) is 14.4 Å². The Labute approximate surface area is 241 Å². The van der Waals surface area contributed by atoms with Crippen molar-refractivity contribution in [3.8, 4) is 17.1 Å². The second-order valence-corrected chi connectivity index (χ2v) is 10.4. The number of aromatic nitrogens is 2. The van der Waals surface area contributed by atoms with E-state index in [0.717, 1.165) is 45.0 Å². The van der Waals surface area contributed by atoms with Crippen molar-refractivity contribution in [2.75, 3.05) is 23.9 Å². The van der Waals surface area contributed by atoms with Crippen LogP contribution in [0.1, 0.15) is 17.4 Å². The van der Waals surface area contributed by atoms with E-state index in [1.807, 2.05) is 42.5 Å². The minimum Gasteiger partial charge on any atom is -0.487 e. The fourth-order valence-corrected chi connectivity index (χ4v) is 5.11. The second kappa shape index (κ2) is 13.0. The first-order chi connectivity index (χ1) is 19.5. The van der Waals surface area contributed by atoms with Gasteiger partial charge in [0.15, 0.2) is 0 Å². The summed E-state index contributed by atoms with van der Waals surface area (Å²) in [6, 6.07) is 21.7.